The first-order valence-corrected chi connectivity index (χ1v) is 14.4. The van der Waals surface area contributed by atoms with Gasteiger partial charge in [0.1, 0.15) is 11.5 Å². The van der Waals surface area contributed by atoms with E-state index in [1.807, 2.05) is 78.9 Å². The summed E-state index contributed by atoms with van der Waals surface area (Å²) in [5.41, 5.74) is 7.56. The lowest BCUT2D eigenvalue weighted by Crippen LogP contribution is -3.00. The molecule has 0 radical (unpaired) electrons. The third-order valence-corrected chi connectivity index (χ3v) is 7.66. The molecule has 1 aliphatic heterocycles. The lowest BCUT2D eigenvalue weighted by atomic mass is 10.1. The molecule has 44 heavy (non-hydrogen) atoms. The van der Waals surface area contributed by atoms with E-state index < -0.39 is 0 Å². The highest BCUT2D eigenvalue weighted by molar-refractivity contribution is 5.89. The van der Waals surface area contributed by atoms with Crippen LogP contribution in [0, 0.1) is 22.7 Å². The van der Waals surface area contributed by atoms with E-state index in [0.717, 1.165) is 58.5 Å². The van der Waals surface area contributed by atoms with Crippen LogP contribution in [0.15, 0.2) is 127 Å². The molecule has 216 valence electrons. The minimum atomic E-state index is 0. The molecule has 0 amide bonds. The Hall–Kier alpha value is -5.12. The van der Waals surface area contributed by atoms with E-state index in [0.29, 0.717) is 11.1 Å². The van der Waals surface area contributed by atoms with Gasteiger partial charge < -0.3 is 28.9 Å². The number of hydrogen-bond donors (Lipinski definition) is 0. The Bertz CT molecular complexity index is 1970. The smallest absolute Gasteiger partial charge is 0.287 e. The minimum Gasteiger partial charge on any atom is -1.00 e. The van der Waals surface area contributed by atoms with Crippen LogP contribution in [0.3, 0.4) is 0 Å². The molecule has 0 atom stereocenters. The summed E-state index contributed by atoms with van der Waals surface area (Å²) in [4.78, 5) is 4.47. The van der Waals surface area contributed by atoms with Crippen molar-refractivity contribution in [2.75, 3.05) is 16.3 Å². The molecule has 0 saturated heterocycles. The summed E-state index contributed by atoms with van der Waals surface area (Å²) in [5.74, 6) is 2.05. The van der Waals surface area contributed by atoms with Crippen LogP contribution in [0.2, 0.25) is 0 Å². The predicted octanol–water partition coefficient (Wildman–Crippen LogP) is 4.77. The number of anilines is 3. The minimum absolute atomic E-state index is 0. The van der Waals surface area contributed by atoms with Crippen molar-refractivity contribution in [2.24, 2.45) is 0 Å². The Morgan fingerprint density at radius 3 is 2.05 bits per heavy atom. The number of rotatable bonds is 7. The second-order valence-electron chi connectivity index (χ2n) is 10.1. The summed E-state index contributed by atoms with van der Waals surface area (Å²) in [7, 11) is 0. The van der Waals surface area contributed by atoms with E-state index in [-0.39, 0.29) is 24.0 Å². The fourth-order valence-corrected chi connectivity index (χ4v) is 5.77. The molecule has 4 aromatic carbocycles. The quantitative estimate of drug-likeness (QED) is 0.141. The zero-order valence-corrected chi connectivity index (χ0v) is 26.8. The molecule has 1 aliphatic rings. The Kier molecular flexibility index (Phi) is 9.28. The van der Waals surface area contributed by atoms with Crippen LogP contribution >= 0.6 is 0 Å². The predicted molar refractivity (Wildman–Crippen MR) is 173 cm³/mol. The molecule has 0 N–H and O–H groups in total. The van der Waals surface area contributed by atoms with Gasteiger partial charge in [0.25, 0.3) is 5.82 Å². The summed E-state index contributed by atoms with van der Waals surface area (Å²) >= 11 is 0. The number of fused-ring (bicyclic) bond motifs is 2. The van der Waals surface area contributed by atoms with Crippen molar-refractivity contribution in [3.05, 3.63) is 144 Å². The Morgan fingerprint density at radius 2 is 1.39 bits per heavy atom. The fraction of sp³-hybridized carbons (Fsp3) is 0.108. The Balaban J connectivity index is 0.00000384. The maximum atomic E-state index is 9.54. The molecule has 0 spiro atoms. The maximum Gasteiger partial charge on any atom is 0.287 e. The van der Waals surface area contributed by atoms with Crippen molar-refractivity contribution in [2.45, 2.75) is 20.4 Å². The van der Waals surface area contributed by atoms with Crippen LogP contribution in [-0.2, 0) is 6.54 Å². The van der Waals surface area contributed by atoms with Crippen molar-refractivity contribution >= 4 is 34.2 Å². The van der Waals surface area contributed by atoms with Crippen LogP contribution in [-0.4, -0.2) is 11.1 Å². The van der Waals surface area contributed by atoms with Crippen molar-refractivity contribution < 1.29 is 28.5 Å². The van der Waals surface area contributed by atoms with Gasteiger partial charge >= 0.3 is 0 Å². The topological polar surface area (TPSA) is 62.9 Å². The van der Waals surface area contributed by atoms with E-state index in [4.69, 9.17) is 0 Å². The first-order valence-electron chi connectivity index (χ1n) is 14.4. The van der Waals surface area contributed by atoms with Crippen molar-refractivity contribution in [1.29, 1.82) is 10.5 Å². The van der Waals surface area contributed by atoms with Crippen LogP contribution in [0.1, 0.15) is 30.8 Å². The van der Waals surface area contributed by atoms with Crippen LogP contribution in [0.5, 0.6) is 0 Å². The third-order valence-electron chi connectivity index (χ3n) is 7.66. The third kappa shape index (κ3) is 5.50. The Labute approximate surface area is 275 Å². The molecule has 0 saturated carbocycles. The Morgan fingerprint density at radius 1 is 0.727 bits per heavy atom. The second kappa shape index (κ2) is 13.5. The van der Waals surface area contributed by atoms with Gasteiger partial charge in [0.2, 0.25) is 0 Å². The van der Waals surface area contributed by atoms with Gasteiger partial charge in [-0.1, -0.05) is 54.6 Å². The maximum absolute atomic E-state index is 9.54. The van der Waals surface area contributed by atoms with Gasteiger partial charge in [0, 0.05) is 24.4 Å². The molecular formula is C37H31IN6. The summed E-state index contributed by atoms with van der Waals surface area (Å²) in [6.07, 6.45) is 10.4. The number of allylic oxidation sites excluding steroid dienone is 4. The summed E-state index contributed by atoms with van der Waals surface area (Å²) in [5, 5.41) is 19.1. The fourth-order valence-electron chi connectivity index (χ4n) is 5.77. The number of aryl methyl sites for hydroxylation is 1. The highest BCUT2D eigenvalue weighted by Gasteiger charge is 2.31. The molecule has 0 unspecified atom stereocenters. The summed E-state index contributed by atoms with van der Waals surface area (Å²) in [6.45, 7) is 5.77. The number of aromatic nitrogens is 2. The van der Waals surface area contributed by atoms with Crippen LogP contribution in [0.4, 0.5) is 17.1 Å². The number of halogens is 1. The average molecular weight is 687 g/mol. The molecule has 7 heteroatoms. The van der Waals surface area contributed by atoms with E-state index in [2.05, 4.69) is 93.5 Å². The summed E-state index contributed by atoms with van der Waals surface area (Å²) < 4.78 is 4.47. The van der Waals surface area contributed by atoms with Crippen LogP contribution in [0.25, 0.3) is 22.8 Å². The lowest BCUT2D eigenvalue weighted by Gasteiger charge is -2.24. The first kappa shape index (κ1) is 30.3. The van der Waals surface area contributed by atoms with Gasteiger partial charge in [-0.15, -0.1) is 0 Å². The molecule has 1 aromatic heterocycles. The zero-order chi connectivity index (χ0) is 29.8. The molecule has 0 fully saturated rings. The average Bonchev–Trinajstić information content (AvgIpc) is 3.55. The van der Waals surface area contributed by atoms with Gasteiger partial charge in [0.15, 0.2) is 11.0 Å². The monoisotopic (exact) mass is 686 g/mol. The number of para-hydroxylation sites is 2. The highest BCUT2D eigenvalue weighted by atomic mass is 127. The SMILES string of the molecule is CCN1\C(=C/C=C/C=C/c2n(-c3ccccc3)c3ccc(C#N)cc3[n+]2CC)N(c2ccccc2)c2ccc(C#N)cc21.[I-]. The molecule has 0 aliphatic carbocycles. The molecule has 2 heterocycles. The van der Waals surface area contributed by atoms with Gasteiger partial charge in [-0.3, -0.25) is 4.90 Å². The molecule has 6 rings (SSSR count). The number of hydrogen-bond acceptors (Lipinski definition) is 4. The standard InChI is InChI=1S/C37H31N6.HI/c1-3-40-34-24-28(26-38)20-22-32(34)42(30-14-8-5-9-15-30)36(40)18-12-7-13-19-37-41(4-2)35-25-29(27-39)21-23-33(35)43(37)31-16-10-6-11-17-31;/h5-25H,3-4H2,1-2H3;1H/q+1;/p-1. The van der Waals surface area contributed by atoms with Gasteiger partial charge in [0.05, 0.1) is 41.2 Å². The largest absolute Gasteiger partial charge is 1.00 e. The van der Waals surface area contributed by atoms with Crippen molar-refractivity contribution in [1.82, 2.24) is 4.57 Å². The van der Waals surface area contributed by atoms with E-state index >= 15 is 0 Å². The number of imidazole rings is 1. The second-order valence-corrected chi connectivity index (χ2v) is 10.1. The number of nitrogens with zero attached hydrogens (tertiary/aromatic N) is 6. The normalized spacial score (nSPS) is 13.4. The van der Waals surface area contributed by atoms with E-state index in [9.17, 15) is 10.5 Å². The summed E-state index contributed by atoms with van der Waals surface area (Å²) in [6, 6.07) is 36.9. The zero-order valence-electron chi connectivity index (χ0n) is 24.6. The van der Waals surface area contributed by atoms with Gasteiger partial charge in [-0.2, -0.15) is 15.1 Å². The molecule has 0 bridgehead atoms. The number of benzene rings is 4. The van der Waals surface area contributed by atoms with E-state index in [1.54, 1.807) is 0 Å². The van der Waals surface area contributed by atoms with Gasteiger partial charge in [-0.25, -0.2) is 4.57 Å². The van der Waals surface area contributed by atoms with E-state index in [1.165, 1.54) is 0 Å². The van der Waals surface area contributed by atoms with Crippen molar-refractivity contribution in [3.8, 4) is 17.8 Å². The first-order chi connectivity index (χ1) is 21.2. The number of nitriles is 2. The highest BCUT2D eigenvalue weighted by Crippen LogP contribution is 2.46. The molecular weight excluding hydrogens is 655 g/mol. The van der Waals surface area contributed by atoms with Gasteiger partial charge in [-0.05, 0) is 74.5 Å². The van der Waals surface area contributed by atoms with Crippen LogP contribution < -0.4 is 38.3 Å². The van der Waals surface area contributed by atoms with Crippen molar-refractivity contribution in [3.63, 3.8) is 0 Å². The molecule has 6 nitrogen and oxygen atoms in total. The lowest BCUT2D eigenvalue weighted by molar-refractivity contribution is -0.670. The molecule has 5 aromatic rings.